The van der Waals surface area contributed by atoms with Crippen molar-refractivity contribution in [2.45, 2.75) is 51.0 Å². The Labute approximate surface area is 162 Å². The molecule has 0 radical (unpaired) electrons. The summed E-state index contributed by atoms with van der Waals surface area (Å²) in [6.45, 7) is 4.06. The molecule has 0 saturated carbocycles. The maximum Gasteiger partial charge on any atom is 0.173 e. The van der Waals surface area contributed by atoms with Gasteiger partial charge in [-0.3, -0.25) is 4.79 Å². The summed E-state index contributed by atoms with van der Waals surface area (Å²) < 4.78 is 0. The number of hydrogen-bond donors (Lipinski definition) is 0. The molecule has 4 rings (SSSR count). The molecule has 2 aromatic heterocycles. The van der Waals surface area contributed by atoms with Crippen molar-refractivity contribution in [1.82, 2.24) is 9.97 Å². The summed E-state index contributed by atoms with van der Waals surface area (Å²) >= 11 is 3.37. The highest BCUT2D eigenvalue weighted by atomic mass is 32.2. The lowest BCUT2D eigenvalue weighted by Crippen LogP contribution is -2.04. The van der Waals surface area contributed by atoms with Gasteiger partial charge in [0.05, 0.1) is 5.75 Å². The number of aryl methyl sites for hydroxylation is 4. The molecule has 2 heterocycles. The van der Waals surface area contributed by atoms with Crippen LogP contribution in [0.2, 0.25) is 0 Å². The number of hydrogen-bond acceptors (Lipinski definition) is 5. The number of thioether (sulfide) groups is 1. The summed E-state index contributed by atoms with van der Waals surface area (Å²) in [6, 6.07) is 7.96. The molecule has 1 aliphatic carbocycles. The van der Waals surface area contributed by atoms with Crippen LogP contribution in [0.5, 0.6) is 0 Å². The number of thiophene rings is 1. The van der Waals surface area contributed by atoms with Crippen molar-refractivity contribution in [2.75, 3.05) is 5.75 Å². The van der Waals surface area contributed by atoms with Crippen LogP contribution >= 0.6 is 23.1 Å². The Morgan fingerprint density at radius 1 is 1.15 bits per heavy atom. The van der Waals surface area contributed by atoms with Gasteiger partial charge >= 0.3 is 0 Å². The molecule has 0 fully saturated rings. The molecule has 0 saturated heterocycles. The molecule has 1 aromatic carbocycles. The van der Waals surface area contributed by atoms with E-state index in [-0.39, 0.29) is 5.78 Å². The largest absolute Gasteiger partial charge is 0.293 e. The molecule has 1 aliphatic rings. The van der Waals surface area contributed by atoms with Crippen molar-refractivity contribution in [1.29, 1.82) is 0 Å². The van der Waals surface area contributed by atoms with Gasteiger partial charge in [0.2, 0.25) is 0 Å². The molecule has 0 atom stereocenters. The van der Waals surface area contributed by atoms with Crippen LogP contribution in [0.4, 0.5) is 0 Å². The highest BCUT2D eigenvalue weighted by Gasteiger charge is 2.21. The lowest BCUT2D eigenvalue weighted by atomic mass is 9.97. The van der Waals surface area contributed by atoms with Crippen LogP contribution in [-0.2, 0) is 19.3 Å². The van der Waals surface area contributed by atoms with Crippen LogP contribution in [0, 0.1) is 6.92 Å². The molecule has 0 unspecified atom stereocenters. The van der Waals surface area contributed by atoms with E-state index in [1.165, 1.54) is 34.2 Å². The minimum Gasteiger partial charge on any atom is -0.293 e. The third-order valence-corrected chi connectivity index (χ3v) is 7.08. The summed E-state index contributed by atoms with van der Waals surface area (Å²) in [6.07, 6.45) is 5.76. The molecule has 0 aliphatic heterocycles. The Hall–Kier alpha value is -1.72. The summed E-state index contributed by atoms with van der Waals surface area (Å²) in [5, 5.41) is 2.18. The molecule has 3 aromatic rings. The van der Waals surface area contributed by atoms with Gasteiger partial charge in [-0.2, -0.15) is 0 Å². The number of nitrogens with zero attached hydrogens (tertiary/aromatic N) is 2. The number of benzene rings is 1. The fourth-order valence-electron chi connectivity index (χ4n) is 3.47. The maximum atomic E-state index is 12.6. The van der Waals surface area contributed by atoms with Gasteiger partial charge in [-0.15, -0.1) is 11.3 Å². The van der Waals surface area contributed by atoms with Crippen molar-refractivity contribution in [3.8, 4) is 0 Å². The van der Waals surface area contributed by atoms with Gasteiger partial charge in [0.15, 0.2) is 5.78 Å². The van der Waals surface area contributed by atoms with Crippen LogP contribution in [0.3, 0.4) is 0 Å². The van der Waals surface area contributed by atoms with Crippen molar-refractivity contribution >= 4 is 39.1 Å². The Kier molecular flexibility index (Phi) is 5.09. The summed E-state index contributed by atoms with van der Waals surface area (Å²) in [5.41, 5.74) is 3.47. The molecule has 0 amide bonds. The second-order valence-electron chi connectivity index (χ2n) is 6.73. The molecule has 0 spiro atoms. The van der Waals surface area contributed by atoms with Gasteiger partial charge in [0.1, 0.15) is 15.7 Å². The average molecular weight is 383 g/mol. The third-order valence-electron chi connectivity index (χ3n) is 4.92. The smallest absolute Gasteiger partial charge is 0.173 e. The van der Waals surface area contributed by atoms with E-state index in [2.05, 4.69) is 16.9 Å². The first kappa shape index (κ1) is 17.7. The zero-order valence-electron chi connectivity index (χ0n) is 15.2. The second kappa shape index (κ2) is 7.49. The van der Waals surface area contributed by atoms with E-state index in [1.54, 1.807) is 11.8 Å². The number of Topliss-reactive ketones (excluding diaryl/α,β-unsaturated/α-hetero) is 1. The number of carbonyl (C=O) groups is 1. The van der Waals surface area contributed by atoms with E-state index in [1.807, 2.05) is 42.5 Å². The van der Waals surface area contributed by atoms with Crippen LogP contribution in [-0.4, -0.2) is 21.5 Å². The Morgan fingerprint density at radius 3 is 2.69 bits per heavy atom. The Balaban J connectivity index is 1.60. The number of fused-ring (bicyclic) bond motifs is 3. The normalized spacial score (nSPS) is 13.8. The molecular formula is C21H22N2OS2. The van der Waals surface area contributed by atoms with Gasteiger partial charge in [0, 0.05) is 15.8 Å². The van der Waals surface area contributed by atoms with Crippen LogP contribution in [0.15, 0.2) is 29.3 Å². The van der Waals surface area contributed by atoms with Gasteiger partial charge in [0.25, 0.3) is 0 Å². The van der Waals surface area contributed by atoms with E-state index in [0.717, 1.165) is 40.5 Å². The van der Waals surface area contributed by atoms with Crippen molar-refractivity contribution in [3.05, 3.63) is 51.7 Å². The fourth-order valence-corrected chi connectivity index (χ4v) is 5.84. The van der Waals surface area contributed by atoms with Gasteiger partial charge in [-0.05, 0) is 50.2 Å². The number of carbonyl (C=O) groups excluding carboxylic acids is 1. The van der Waals surface area contributed by atoms with Crippen LogP contribution in [0.25, 0.3) is 10.2 Å². The van der Waals surface area contributed by atoms with Gasteiger partial charge in [-0.25, -0.2) is 9.97 Å². The first-order valence-electron chi connectivity index (χ1n) is 9.19. The predicted molar refractivity (Wildman–Crippen MR) is 110 cm³/mol. The number of rotatable bonds is 5. The fraction of sp³-hybridized carbons (Fsp3) is 0.381. The molecule has 26 heavy (non-hydrogen) atoms. The van der Waals surface area contributed by atoms with Crippen molar-refractivity contribution in [3.63, 3.8) is 0 Å². The topological polar surface area (TPSA) is 42.9 Å². The quantitative estimate of drug-likeness (QED) is 0.336. The van der Waals surface area contributed by atoms with Gasteiger partial charge < -0.3 is 0 Å². The number of aromatic nitrogens is 2. The maximum absolute atomic E-state index is 12.6. The second-order valence-corrected chi connectivity index (χ2v) is 8.78. The van der Waals surface area contributed by atoms with E-state index < -0.39 is 0 Å². The molecule has 3 nitrogen and oxygen atoms in total. The predicted octanol–water partition coefficient (Wildman–Crippen LogP) is 5.42. The molecule has 0 N–H and O–H groups in total. The van der Waals surface area contributed by atoms with Crippen molar-refractivity contribution in [2.24, 2.45) is 0 Å². The third kappa shape index (κ3) is 3.42. The zero-order chi connectivity index (χ0) is 18.1. The standard InChI is InChI=1S/C21H22N2OS2/c1-3-14-8-10-15(11-9-14)17(24)12-25-20-19-16-6-4-5-7-18(16)26-21(19)23-13(2)22-20/h8-11H,3-7,12H2,1-2H3. The van der Waals surface area contributed by atoms with Gasteiger partial charge in [-0.1, -0.05) is 43.0 Å². The summed E-state index contributed by atoms with van der Waals surface area (Å²) in [5.74, 6) is 1.37. The Morgan fingerprint density at radius 2 is 1.92 bits per heavy atom. The lowest BCUT2D eigenvalue weighted by molar-refractivity contribution is 0.102. The van der Waals surface area contributed by atoms with Crippen LogP contribution in [0.1, 0.15) is 52.0 Å². The van der Waals surface area contributed by atoms with E-state index in [4.69, 9.17) is 0 Å². The minimum absolute atomic E-state index is 0.158. The highest BCUT2D eigenvalue weighted by molar-refractivity contribution is 8.00. The van der Waals surface area contributed by atoms with E-state index >= 15 is 0 Å². The average Bonchev–Trinajstić information content (AvgIpc) is 3.04. The SMILES string of the molecule is CCc1ccc(C(=O)CSc2nc(C)nc3sc4c(c23)CCCC4)cc1. The van der Waals surface area contributed by atoms with Crippen molar-refractivity contribution < 1.29 is 4.79 Å². The number of ketones is 1. The first-order valence-corrected chi connectivity index (χ1v) is 11.0. The van der Waals surface area contributed by atoms with Crippen LogP contribution < -0.4 is 0 Å². The minimum atomic E-state index is 0.158. The lowest BCUT2D eigenvalue weighted by Gasteiger charge is -2.11. The van der Waals surface area contributed by atoms with E-state index in [9.17, 15) is 4.79 Å². The summed E-state index contributed by atoms with van der Waals surface area (Å²) in [4.78, 5) is 24.5. The first-order chi connectivity index (χ1) is 12.7. The molecule has 134 valence electrons. The monoisotopic (exact) mass is 382 g/mol. The molecular weight excluding hydrogens is 360 g/mol. The Bertz CT molecular complexity index is 960. The zero-order valence-corrected chi connectivity index (χ0v) is 16.8. The summed E-state index contributed by atoms with van der Waals surface area (Å²) in [7, 11) is 0. The highest BCUT2D eigenvalue weighted by Crippen LogP contribution is 2.39. The molecule has 5 heteroatoms. The van der Waals surface area contributed by atoms with E-state index in [0.29, 0.717) is 5.75 Å². The molecule has 0 bridgehead atoms.